The standard InChI is InChI=1S/C23H19N5O3/c1-23(2)10-14(29)17-16(11-23)31-22-19(18(17)15-7-5-9-30-15)21-26-20(27-28(21)12-25-22)13-6-3-4-8-24-13/h3-9,12,18H,10-11H2,1-2H3. The van der Waals surface area contributed by atoms with Crippen molar-refractivity contribution in [2.45, 2.75) is 32.6 Å². The lowest BCUT2D eigenvalue weighted by Crippen LogP contribution is -2.33. The molecule has 5 heterocycles. The lowest BCUT2D eigenvalue weighted by atomic mass is 9.71. The molecule has 0 N–H and O–H groups in total. The Morgan fingerprint density at radius 3 is 2.81 bits per heavy atom. The van der Waals surface area contributed by atoms with Crippen molar-refractivity contribution < 1.29 is 13.9 Å². The molecular formula is C23H19N5O3. The Morgan fingerprint density at radius 2 is 2.03 bits per heavy atom. The van der Waals surface area contributed by atoms with Crippen LogP contribution in [-0.4, -0.2) is 30.3 Å². The number of hydrogen-bond acceptors (Lipinski definition) is 7. The van der Waals surface area contributed by atoms with E-state index in [1.54, 1.807) is 23.3 Å². The first-order chi connectivity index (χ1) is 15.0. The molecule has 4 aromatic rings. The van der Waals surface area contributed by atoms with E-state index >= 15 is 0 Å². The van der Waals surface area contributed by atoms with Crippen LogP contribution in [0.3, 0.4) is 0 Å². The van der Waals surface area contributed by atoms with Gasteiger partial charge in [-0.05, 0) is 29.7 Å². The number of carbonyl (C=O) groups excluding carboxylic acids is 1. The lowest BCUT2D eigenvalue weighted by molar-refractivity contribution is -0.118. The maximum Gasteiger partial charge on any atom is 0.228 e. The summed E-state index contributed by atoms with van der Waals surface area (Å²) in [5, 5.41) is 4.55. The van der Waals surface area contributed by atoms with Gasteiger partial charge in [-0.2, -0.15) is 0 Å². The number of ether oxygens (including phenoxy) is 1. The Bertz CT molecular complexity index is 1350. The lowest BCUT2D eigenvalue weighted by Gasteiger charge is -2.36. The number of allylic oxidation sites excluding steroid dienone is 2. The summed E-state index contributed by atoms with van der Waals surface area (Å²) in [6, 6.07) is 9.27. The molecule has 0 amide bonds. The number of furan rings is 1. The van der Waals surface area contributed by atoms with Crippen LogP contribution in [0.25, 0.3) is 17.2 Å². The quantitative estimate of drug-likeness (QED) is 0.491. The van der Waals surface area contributed by atoms with Gasteiger partial charge in [0.15, 0.2) is 11.4 Å². The molecule has 8 heteroatoms. The summed E-state index contributed by atoms with van der Waals surface area (Å²) in [5.74, 6) is 1.83. The second kappa shape index (κ2) is 6.34. The van der Waals surface area contributed by atoms with Gasteiger partial charge in [0.2, 0.25) is 11.7 Å². The van der Waals surface area contributed by atoms with Crippen molar-refractivity contribution >= 4 is 11.4 Å². The number of pyridine rings is 1. The van der Waals surface area contributed by atoms with Crippen LogP contribution in [0.15, 0.2) is 64.9 Å². The Hall–Kier alpha value is -3.81. The zero-order chi connectivity index (χ0) is 21.2. The van der Waals surface area contributed by atoms with Gasteiger partial charge >= 0.3 is 0 Å². The van der Waals surface area contributed by atoms with E-state index in [9.17, 15) is 4.79 Å². The van der Waals surface area contributed by atoms with Crippen LogP contribution in [0, 0.1) is 5.41 Å². The van der Waals surface area contributed by atoms with E-state index in [0.29, 0.717) is 58.5 Å². The molecule has 31 heavy (non-hydrogen) atoms. The highest BCUT2D eigenvalue weighted by Crippen LogP contribution is 2.50. The minimum atomic E-state index is -0.450. The first-order valence-corrected chi connectivity index (χ1v) is 10.1. The highest BCUT2D eigenvalue weighted by molar-refractivity contribution is 6.00. The van der Waals surface area contributed by atoms with Gasteiger partial charge in [0.05, 0.1) is 17.7 Å². The Balaban J connectivity index is 1.60. The van der Waals surface area contributed by atoms with Crippen molar-refractivity contribution in [1.82, 2.24) is 24.6 Å². The monoisotopic (exact) mass is 413 g/mol. The van der Waals surface area contributed by atoms with E-state index in [-0.39, 0.29) is 11.2 Å². The molecule has 1 unspecified atom stereocenters. The molecule has 0 aromatic carbocycles. The van der Waals surface area contributed by atoms with Crippen molar-refractivity contribution in [2.75, 3.05) is 0 Å². The molecule has 0 spiro atoms. The Kier molecular flexibility index (Phi) is 3.68. The summed E-state index contributed by atoms with van der Waals surface area (Å²) >= 11 is 0. The number of ketones is 1. The van der Waals surface area contributed by atoms with E-state index in [0.717, 1.165) is 0 Å². The third-order valence-corrected chi connectivity index (χ3v) is 5.78. The molecule has 1 aliphatic carbocycles. The number of Topliss-reactive ketones (excluding diaryl/α,β-unsaturated/α-hetero) is 1. The summed E-state index contributed by atoms with van der Waals surface area (Å²) in [7, 11) is 0. The van der Waals surface area contributed by atoms with Crippen LogP contribution in [-0.2, 0) is 4.79 Å². The molecule has 4 aromatic heterocycles. The maximum absolute atomic E-state index is 13.3. The van der Waals surface area contributed by atoms with E-state index in [4.69, 9.17) is 14.1 Å². The maximum atomic E-state index is 13.3. The van der Waals surface area contributed by atoms with Gasteiger partial charge in [0.25, 0.3) is 0 Å². The minimum absolute atomic E-state index is 0.0600. The average molecular weight is 413 g/mol. The molecule has 0 fully saturated rings. The van der Waals surface area contributed by atoms with Gasteiger partial charge in [-0.25, -0.2) is 14.5 Å². The summed E-state index contributed by atoms with van der Waals surface area (Å²) < 4.78 is 13.6. The highest BCUT2D eigenvalue weighted by atomic mass is 16.5. The second-order valence-corrected chi connectivity index (χ2v) is 8.71. The molecule has 8 nitrogen and oxygen atoms in total. The molecule has 0 radical (unpaired) electrons. The summed E-state index contributed by atoms with van der Waals surface area (Å²) in [4.78, 5) is 26.9. The van der Waals surface area contributed by atoms with Crippen molar-refractivity contribution in [2.24, 2.45) is 5.41 Å². The number of nitrogens with zero attached hydrogens (tertiary/aromatic N) is 5. The molecule has 0 bridgehead atoms. The van der Waals surface area contributed by atoms with E-state index in [1.165, 1.54) is 0 Å². The van der Waals surface area contributed by atoms with Crippen LogP contribution in [0.1, 0.15) is 43.9 Å². The van der Waals surface area contributed by atoms with Gasteiger partial charge in [0, 0.05) is 24.6 Å². The molecule has 0 saturated carbocycles. The van der Waals surface area contributed by atoms with Gasteiger partial charge in [0.1, 0.15) is 23.5 Å². The van der Waals surface area contributed by atoms with Gasteiger partial charge < -0.3 is 9.15 Å². The van der Waals surface area contributed by atoms with Crippen molar-refractivity contribution in [1.29, 1.82) is 0 Å². The highest BCUT2D eigenvalue weighted by Gasteiger charge is 2.45. The predicted octanol–water partition coefficient (Wildman–Crippen LogP) is 3.95. The van der Waals surface area contributed by atoms with Crippen molar-refractivity contribution in [3.63, 3.8) is 0 Å². The largest absolute Gasteiger partial charge is 0.468 e. The smallest absolute Gasteiger partial charge is 0.228 e. The fraction of sp³-hybridized carbons (Fsp3) is 0.261. The van der Waals surface area contributed by atoms with Gasteiger partial charge in [-0.3, -0.25) is 9.78 Å². The van der Waals surface area contributed by atoms with E-state index < -0.39 is 5.92 Å². The summed E-state index contributed by atoms with van der Waals surface area (Å²) in [6.07, 6.45) is 5.99. The van der Waals surface area contributed by atoms with Crippen LogP contribution < -0.4 is 4.74 Å². The number of carbonyl (C=O) groups is 1. The van der Waals surface area contributed by atoms with Crippen LogP contribution in [0.4, 0.5) is 0 Å². The first-order valence-electron chi connectivity index (χ1n) is 10.1. The van der Waals surface area contributed by atoms with E-state index in [1.807, 2.05) is 30.3 Å². The normalized spacial score (nSPS) is 19.8. The average Bonchev–Trinajstić information content (AvgIpc) is 3.42. The number of hydrogen-bond donors (Lipinski definition) is 0. The van der Waals surface area contributed by atoms with Gasteiger partial charge in [-0.1, -0.05) is 19.9 Å². The number of rotatable bonds is 2. The fourth-order valence-electron chi connectivity index (χ4n) is 4.49. The topological polar surface area (TPSA) is 95.4 Å². The molecule has 0 saturated heterocycles. The zero-order valence-electron chi connectivity index (χ0n) is 17.1. The zero-order valence-corrected chi connectivity index (χ0v) is 17.1. The Labute approximate surface area is 177 Å². The number of aromatic nitrogens is 5. The van der Waals surface area contributed by atoms with Crippen molar-refractivity contribution in [3.05, 3.63) is 71.8 Å². The molecule has 6 rings (SSSR count). The van der Waals surface area contributed by atoms with Crippen molar-refractivity contribution in [3.8, 4) is 17.4 Å². The van der Waals surface area contributed by atoms with Crippen LogP contribution >= 0.6 is 0 Å². The molecule has 1 aliphatic heterocycles. The third kappa shape index (κ3) is 2.78. The molecular weight excluding hydrogens is 394 g/mol. The number of fused-ring (bicyclic) bond motifs is 3. The minimum Gasteiger partial charge on any atom is -0.468 e. The first kappa shape index (κ1) is 18.0. The van der Waals surface area contributed by atoms with E-state index in [2.05, 4.69) is 28.9 Å². The molecule has 2 aliphatic rings. The van der Waals surface area contributed by atoms with Crippen LogP contribution in [0.5, 0.6) is 5.88 Å². The third-order valence-electron chi connectivity index (χ3n) is 5.78. The SMILES string of the molecule is CC1(C)CC(=O)C2=C(C1)Oc1ncn3nc(-c4ccccn4)nc3c1C2c1ccco1. The van der Waals surface area contributed by atoms with Crippen LogP contribution in [0.2, 0.25) is 0 Å². The molecule has 1 atom stereocenters. The summed E-state index contributed by atoms with van der Waals surface area (Å²) in [5.41, 5.74) is 2.35. The summed E-state index contributed by atoms with van der Waals surface area (Å²) in [6.45, 7) is 4.15. The fourth-order valence-corrected chi connectivity index (χ4v) is 4.49. The predicted molar refractivity (Wildman–Crippen MR) is 110 cm³/mol. The second-order valence-electron chi connectivity index (χ2n) is 8.71. The Morgan fingerprint density at radius 1 is 1.13 bits per heavy atom. The van der Waals surface area contributed by atoms with Gasteiger partial charge in [-0.15, -0.1) is 5.10 Å². The molecule has 154 valence electrons.